The number of pyridine rings is 1. The molecule has 0 aliphatic carbocycles. The summed E-state index contributed by atoms with van der Waals surface area (Å²) >= 11 is 5.92. The van der Waals surface area contributed by atoms with E-state index in [0.29, 0.717) is 36.1 Å². The van der Waals surface area contributed by atoms with Crippen molar-refractivity contribution < 1.29 is 14.3 Å². The van der Waals surface area contributed by atoms with Gasteiger partial charge in [-0.1, -0.05) is 23.7 Å². The predicted molar refractivity (Wildman–Crippen MR) is 125 cm³/mol. The van der Waals surface area contributed by atoms with E-state index >= 15 is 0 Å². The van der Waals surface area contributed by atoms with Crippen molar-refractivity contribution in [2.24, 2.45) is 7.05 Å². The second-order valence-electron chi connectivity index (χ2n) is 8.07. The number of amides is 2. The van der Waals surface area contributed by atoms with Gasteiger partial charge in [0.2, 0.25) is 5.91 Å². The number of nitrogens with zero attached hydrogens (tertiary/aromatic N) is 4. The third kappa shape index (κ3) is 5.70. The smallest absolute Gasteiger partial charge is 0.270 e. The zero-order valence-corrected chi connectivity index (χ0v) is 19.4. The van der Waals surface area contributed by atoms with E-state index in [9.17, 15) is 9.59 Å². The number of carbonyl (C=O) groups is 2. The number of carbonyl (C=O) groups excluding carboxylic acids is 2. The molecule has 172 valence electrons. The lowest BCUT2D eigenvalue weighted by atomic mass is 10.1. The predicted octanol–water partition coefficient (Wildman–Crippen LogP) is 3.46. The Morgan fingerprint density at radius 2 is 1.91 bits per heavy atom. The summed E-state index contributed by atoms with van der Waals surface area (Å²) in [6, 6.07) is 10.8. The van der Waals surface area contributed by atoms with Gasteiger partial charge >= 0.3 is 0 Å². The van der Waals surface area contributed by atoms with E-state index in [-0.39, 0.29) is 23.6 Å². The quantitative estimate of drug-likeness (QED) is 0.599. The zero-order chi connectivity index (χ0) is 23.4. The van der Waals surface area contributed by atoms with Crippen LogP contribution in [0.5, 0.6) is 5.75 Å². The summed E-state index contributed by atoms with van der Waals surface area (Å²) in [7, 11) is 1.84. The van der Waals surface area contributed by atoms with Crippen molar-refractivity contribution >= 4 is 23.4 Å². The highest BCUT2D eigenvalue weighted by Gasteiger charge is 2.24. The Bertz CT molecular complexity index is 1140. The minimum Gasteiger partial charge on any atom is -0.489 e. The minimum absolute atomic E-state index is 0.0598. The molecule has 2 aromatic heterocycles. The van der Waals surface area contributed by atoms with Crippen molar-refractivity contribution in [2.45, 2.75) is 32.4 Å². The van der Waals surface area contributed by atoms with Crippen molar-refractivity contribution in [3.05, 3.63) is 65.1 Å². The van der Waals surface area contributed by atoms with Crippen LogP contribution in [0.3, 0.4) is 0 Å². The molecule has 1 aliphatic heterocycles. The van der Waals surface area contributed by atoms with Crippen LogP contribution in [0, 0.1) is 0 Å². The van der Waals surface area contributed by atoms with Crippen molar-refractivity contribution in [1.29, 1.82) is 0 Å². The highest BCUT2D eigenvalue weighted by molar-refractivity contribution is 6.30. The summed E-state index contributed by atoms with van der Waals surface area (Å²) < 4.78 is 8.03. The first-order chi connectivity index (χ1) is 15.9. The molecule has 8 nitrogen and oxygen atoms in total. The Balaban J connectivity index is 1.52. The van der Waals surface area contributed by atoms with Crippen molar-refractivity contribution in [1.82, 2.24) is 25.0 Å². The van der Waals surface area contributed by atoms with Crippen LogP contribution < -0.4 is 10.1 Å². The first-order valence-corrected chi connectivity index (χ1v) is 11.2. The van der Waals surface area contributed by atoms with E-state index in [0.717, 1.165) is 24.0 Å². The van der Waals surface area contributed by atoms with Crippen LogP contribution in [0.2, 0.25) is 5.02 Å². The van der Waals surface area contributed by atoms with Gasteiger partial charge in [-0.15, -0.1) is 0 Å². The molecule has 1 N–H and O–H groups in total. The molecule has 3 heterocycles. The standard InChI is InChI=1S/C24H26ClN5O3/c1-16(31)30-11-7-19(8-12-30)33-23-13-22(26-15-20(23)21-9-10-29(2)28-21)24(32)27-14-17-3-5-18(25)6-4-17/h3-6,9-10,13,15,19H,7-8,11-12,14H2,1-2H3,(H,27,32). The maximum atomic E-state index is 12.8. The van der Waals surface area contributed by atoms with Gasteiger partial charge in [-0.2, -0.15) is 5.10 Å². The molecule has 2 amide bonds. The van der Waals surface area contributed by atoms with Crippen LogP contribution in [-0.4, -0.2) is 50.7 Å². The minimum atomic E-state index is -0.297. The highest BCUT2D eigenvalue weighted by atomic mass is 35.5. The maximum absolute atomic E-state index is 12.8. The number of rotatable bonds is 6. The van der Waals surface area contributed by atoms with E-state index in [1.807, 2.05) is 36.3 Å². The molecule has 1 fully saturated rings. The van der Waals surface area contributed by atoms with E-state index in [4.69, 9.17) is 16.3 Å². The van der Waals surface area contributed by atoms with Gasteiger partial charge < -0.3 is 15.0 Å². The van der Waals surface area contributed by atoms with Crippen LogP contribution in [0.15, 0.2) is 48.8 Å². The Kier molecular flexibility index (Phi) is 6.93. The molecule has 9 heteroatoms. The number of hydrogen-bond acceptors (Lipinski definition) is 5. The van der Waals surface area contributed by atoms with Gasteiger partial charge in [-0.3, -0.25) is 19.3 Å². The van der Waals surface area contributed by atoms with Crippen molar-refractivity contribution in [2.75, 3.05) is 13.1 Å². The topological polar surface area (TPSA) is 89.4 Å². The number of ether oxygens (including phenoxy) is 1. The molecular weight excluding hydrogens is 442 g/mol. The fourth-order valence-electron chi connectivity index (χ4n) is 3.75. The molecule has 3 aromatic rings. The average Bonchev–Trinajstić information content (AvgIpc) is 3.24. The van der Waals surface area contributed by atoms with Gasteiger partial charge in [-0.25, -0.2) is 0 Å². The fourth-order valence-corrected chi connectivity index (χ4v) is 3.88. The highest BCUT2D eigenvalue weighted by Crippen LogP contribution is 2.31. The number of likely N-dealkylation sites (tertiary alicyclic amines) is 1. The molecule has 1 aliphatic rings. The number of piperidine rings is 1. The van der Waals surface area contributed by atoms with E-state index < -0.39 is 0 Å². The molecule has 1 saturated heterocycles. The van der Waals surface area contributed by atoms with Crippen LogP contribution in [0.1, 0.15) is 35.8 Å². The van der Waals surface area contributed by atoms with Crippen LogP contribution >= 0.6 is 11.6 Å². The summed E-state index contributed by atoms with van der Waals surface area (Å²) in [5.41, 5.74) is 2.64. The fraction of sp³-hybridized carbons (Fsp3) is 0.333. The summed E-state index contributed by atoms with van der Waals surface area (Å²) in [4.78, 5) is 30.6. The molecule has 33 heavy (non-hydrogen) atoms. The Labute approximate surface area is 197 Å². The van der Waals surface area contributed by atoms with Gasteiger partial charge in [-0.05, 0) is 23.8 Å². The number of halogens is 1. The second kappa shape index (κ2) is 10.0. The molecule has 0 saturated carbocycles. The lowest BCUT2D eigenvalue weighted by molar-refractivity contribution is -0.130. The Morgan fingerprint density at radius 3 is 2.55 bits per heavy atom. The van der Waals surface area contributed by atoms with Crippen LogP contribution in [0.4, 0.5) is 0 Å². The maximum Gasteiger partial charge on any atom is 0.270 e. The summed E-state index contributed by atoms with van der Waals surface area (Å²) in [5, 5.41) is 7.99. The number of hydrogen-bond donors (Lipinski definition) is 1. The summed E-state index contributed by atoms with van der Waals surface area (Å²) in [6.45, 7) is 3.24. The largest absolute Gasteiger partial charge is 0.489 e. The van der Waals surface area contributed by atoms with Gasteiger partial charge in [0.05, 0.1) is 11.3 Å². The molecular formula is C24H26ClN5O3. The lowest BCUT2D eigenvalue weighted by Crippen LogP contribution is -2.40. The van der Waals surface area contributed by atoms with Crippen LogP contribution in [0.25, 0.3) is 11.3 Å². The second-order valence-corrected chi connectivity index (χ2v) is 8.51. The normalized spacial score (nSPS) is 14.2. The van der Waals surface area contributed by atoms with Crippen molar-refractivity contribution in [3.63, 3.8) is 0 Å². The molecule has 0 bridgehead atoms. The zero-order valence-electron chi connectivity index (χ0n) is 18.6. The van der Waals surface area contributed by atoms with Crippen LogP contribution in [-0.2, 0) is 18.4 Å². The SMILES string of the molecule is CC(=O)N1CCC(Oc2cc(C(=O)NCc3ccc(Cl)cc3)ncc2-c2ccn(C)n2)CC1. The third-order valence-corrected chi connectivity index (χ3v) is 5.89. The van der Waals surface area contributed by atoms with Gasteiger partial charge in [0.1, 0.15) is 17.5 Å². The number of aryl methyl sites for hydroxylation is 1. The molecule has 0 atom stereocenters. The Hall–Kier alpha value is -3.39. The van der Waals surface area contributed by atoms with Gasteiger partial charge in [0.25, 0.3) is 5.91 Å². The van der Waals surface area contributed by atoms with Crippen molar-refractivity contribution in [3.8, 4) is 17.0 Å². The monoisotopic (exact) mass is 467 g/mol. The Morgan fingerprint density at radius 1 is 1.18 bits per heavy atom. The van der Waals surface area contributed by atoms with Gasteiger partial charge in [0.15, 0.2) is 0 Å². The number of aromatic nitrogens is 3. The van der Waals surface area contributed by atoms with E-state index in [2.05, 4.69) is 15.4 Å². The molecule has 0 spiro atoms. The molecule has 1 aromatic carbocycles. The third-order valence-electron chi connectivity index (χ3n) is 5.64. The summed E-state index contributed by atoms with van der Waals surface area (Å²) in [6.07, 6.45) is 4.86. The first-order valence-electron chi connectivity index (χ1n) is 10.8. The number of nitrogens with one attached hydrogen (secondary N) is 1. The molecule has 0 radical (unpaired) electrons. The average molecular weight is 468 g/mol. The number of benzene rings is 1. The van der Waals surface area contributed by atoms with Gasteiger partial charge in [0, 0.05) is 69.9 Å². The van der Waals surface area contributed by atoms with E-state index in [1.165, 1.54) is 0 Å². The summed E-state index contributed by atoms with van der Waals surface area (Å²) in [5.74, 6) is 0.335. The lowest BCUT2D eigenvalue weighted by Gasteiger charge is -2.31. The molecule has 0 unspecified atom stereocenters. The molecule has 4 rings (SSSR count). The first kappa shape index (κ1) is 22.8. The van der Waals surface area contributed by atoms with E-state index in [1.54, 1.807) is 36.0 Å².